The molecule has 1 heterocycles. The number of nitrogens with one attached hydrogen (secondary N) is 1. The van der Waals surface area contributed by atoms with Crippen molar-refractivity contribution in [2.45, 2.75) is 53.4 Å². The molecule has 166 valence electrons. The lowest BCUT2D eigenvalue weighted by Gasteiger charge is -2.30. The third kappa shape index (κ3) is 3.95. The van der Waals surface area contributed by atoms with Crippen molar-refractivity contribution in [2.75, 3.05) is 5.32 Å². The van der Waals surface area contributed by atoms with Crippen molar-refractivity contribution in [2.24, 2.45) is 11.1 Å². The van der Waals surface area contributed by atoms with E-state index in [-0.39, 0.29) is 11.2 Å². The number of aromatic nitrogens is 1. The molecular formula is C27H31N3O2. The Kier molecular flexibility index (Phi) is 5.45. The molecule has 0 saturated heterocycles. The Morgan fingerprint density at radius 3 is 2.47 bits per heavy atom. The van der Waals surface area contributed by atoms with Crippen molar-refractivity contribution < 1.29 is 9.59 Å². The van der Waals surface area contributed by atoms with Crippen molar-refractivity contribution in [3.63, 3.8) is 0 Å². The highest BCUT2D eigenvalue weighted by Crippen LogP contribution is 2.38. The number of benzene rings is 2. The van der Waals surface area contributed by atoms with Crippen LogP contribution in [0.5, 0.6) is 0 Å². The third-order valence-corrected chi connectivity index (χ3v) is 6.25. The van der Waals surface area contributed by atoms with Crippen molar-refractivity contribution in [3.05, 3.63) is 76.6 Å². The van der Waals surface area contributed by atoms with Crippen LogP contribution >= 0.6 is 0 Å². The van der Waals surface area contributed by atoms with Gasteiger partial charge in [0.15, 0.2) is 5.78 Å². The van der Waals surface area contributed by atoms with E-state index in [1.165, 1.54) is 0 Å². The molecular weight excluding hydrogens is 398 g/mol. The van der Waals surface area contributed by atoms with E-state index in [1.54, 1.807) is 6.07 Å². The highest BCUT2D eigenvalue weighted by Gasteiger charge is 2.34. The van der Waals surface area contributed by atoms with Gasteiger partial charge in [-0.1, -0.05) is 45.9 Å². The van der Waals surface area contributed by atoms with Crippen LogP contribution in [-0.4, -0.2) is 16.3 Å². The molecule has 1 aliphatic carbocycles. The van der Waals surface area contributed by atoms with Gasteiger partial charge in [0.05, 0.1) is 11.3 Å². The Hall–Kier alpha value is -3.34. The molecule has 0 aliphatic heterocycles. The van der Waals surface area contributed by atoms with Crippen molar-refractivity contribution in [1.29, 1.82) is 0 Å². The topological polar surface area (TPSA) is 77.1 Å². The first-order valence-corrected chi connectivity index (χ1v) is 11.1. The van der Waals surface area contributed by atoms with Gasteiger partial charge in [-0.3, -0.25) is 9.59 Å². The van der Waals surface area contributed by atoms with Gasteiger partial charge in [0.2, 0.25) is 0 Å². The fraction of sp³-hybridized carbons (Fsp3) is 0.333. The number of primary amides is 1. The second kappa shape index (κ2) is 7.97. The van der Waals surface area contributed by atoms with Crippen LogP contribution in [0.3, 0.4) is 0 Å². The number of hydrogen-bond donors (Lipinski definition) is 2. The average molecular weight is 430 g/mol. The third-order valence-electron chi connectivity index (χ3n) is 6.25. The zero-order valence-corrected chi connectivity index (χ0v) is 19.5. The molecule has 0 unspecified atom stereocenters. The molecule has 5 nitrogen and oxygen atoms in total. The zero-order valence-electron chi connectivity index (χ0n) is 19.5. The van der Waals surface area contributed by atoms with E-state index < -0.39 is 5.91 Å². The number of carbonyl (C=O) groups excluding carboxylic acids is 2. The largest absolute Gasteiger partial charge is 0.366 e. The van der Waals surface area contributed by atoms with E-state index in [4.69, 9.17) is 5.73 Å². The van der Waals surface area contributed by atoms with E-state index in [9.17, 15) is 9.59 Å². The molecule has 32 heavy (non-hydrogen) atoms. The smallest absolute Gasteiger partial charge is 0.250 e. The zero-order chi connectivity index (χ0) is 23.2. The number of carbonyl (C=O) groups is 2. The van der Waals surface area contributed by atoms with Crippen molar-refractivity contribution in [1.82, 2.24) is 4.57 Å². The Balaban J connectivity index is 1.85. The number of nitrogens with zero attached hydrogens (tertiary/aromatic N) is 1. The fourth-order valence-corrected chi connectivity index (χ4v) is 4.76. The maximum Gasteiger partial charge on any atom is 0.250 e. The number of para-hydroxylation sites is 1. The molecule has 0 radical (unpaired) electrons. The van der Waals surface area contributed by atoms with E-state index in [0.29, 0.717) is 23.6 Å². The minimum absolute atomic E-state index is 0.0862. The van der Waals surface area contributed by atoms with Gasteiger partial charge >= 0.3 is 0 Å². The Morgan fingerprint density at radius 2 is 1.78 bits per heavy atom. The van der Waals surface area contributed by atoms with Crippen LogP contribution < -0.4 is 11.1 Å². The number of nitrogens with two attached hydrogens (primary N) is 1. The number of hydrogen-bond acceptors (Lipinski definition) is 3. The van der Waals surface area contributed by atoms with E-state index in [0.717, 1.165) is 40.3 Å². The Morgan fingerprint density at radius 1 is 1.06 bits per heavy atom. The number of rotatable bonds is 5. The summed E-state index contributed by atoms with van der Waals surface area (Å²) in [6.07, 6.45) is 1.38. The molecule has 0 atom stereocenters. The summed E-state index contributed by atoms with van der Waals surface area (Å²) in [6, 6.07) is 15.7. The molecule has 0 saturated carbocycles. The summed E-state index contributed by atoms with van der Waals surface area (Å²) >= 11 is 0. The molecule has 1 aromatic heterocycles. The van der Waals surface area contributed by atoms with E-state index in [2.05, 4.69) is 43.6 Å². The summed E-state index contributed by atoms with van der Waals surface area (Å²) in [5.74, 6) is 0.0329. The van der Waals surface area contributed by atoms with Gasteiger partial charge in [0.1, 0.15) is 0 Å². The van der Waals surface area contributed by atoms with Gasteiger partial charge in [0, 0.05) is 34.7 Å². The molecule has 4 rings (SSSR count). The highest BCUT2D eigenvalue weighted by molar-refractivity contribution is 6.00. The fourth-order valence-electron chi connectivity index (χ4n) is 4.76. The van der Waals surface area contributed by atoms with E-state index in [1.807, 2.05) is 43.3 Å². The average Bonchev–Trinajstić information content (AvgIpc) is 3.03. The van der Waals surface area contributed by atoms with Gasteiger partial charge in [-0.05, 0) is 60.6 Å². The quantitative estimate of drug-likeness (QED) is 0.529. The first kappa shape index (κ1) is 21.9. The standard InChI is InChI=1S/C27H31N3O2/c1-16(2)19-8-6-7-9-22(19)29-23-13-18(10-11-20(23)26(28)32)30-17(3)12-21-24(30)14-27(4,5)15-25(21)31/h6-13,16,29H,14-15H2,1-5H3,(H2,28,32). The molecule has 0 spiro atoms. The summed E-state index contributed by atoms with van der Waals surface area (Å²) in [7, 11) is 0. The van der Waals surface area contributed by atoms with Crippen LogP contribution in [0, 0.1) is 12.3 Å². The van der Waals surface area contributed by atoms with Crippen LogP contribution in [-0.2, 0) is 6.42 Å². The van der Waals surface area contributed by atoms with Crippen LogP contribution in [0.25, 0.3) is 5.69 Å². The Bertz CT molecular complexity index is 1220. The minimum atomic E-state index is -0.483. The number of aryl methyl sites for hydroxylation is 1. The highest BCUT2D eigenvalue weighted by atomic mass is 16.1. The molecule has 2 aromatic carbocycles. The molecule has 5 heteroatoms. The van der Waals surface area contributed by atoms with Crippen molar-refractivity contribution in [3.8, 4) is 5.69 Å². The predicted molar refractivity (Wildman–Crippen MR) is 129 cm³/mol. The van der Waals surface area contributed by atoms with Crippen LogP contribution in [0.1, 0.15) is 77.7 Å². The minimum Gasteiger partial charge on any atom is -0.366 e. The lowest BCUT2D eigenvalue weighted by molar-refractivity contribution is 0.0910. The number of fused-ring (bicyclic) bond motifs is 1. The SMILES string of the molecule is Cc1cc2c(n1-c1ccc(C(N)=O)c(Nc3ccccc3C(C)C)c1)CC(C)(C)CC2=O. The van der Waals surface area contributed by atoms with Crippen LogP contribution in [0.2, 0.25) is 0 Å². The first-order chi connectivity index (χ1) is 15.1. The first-order valence-electron chi connectivity index (χ1n) is 11.1. The summed E-state index contributed by atoms with van der Waals surface area (Å²) in [6.45, 7) is 10.6. The molecule has 1 amide bonds. The maximum atomic E-state index is 12.8. The second-order valence-corrected chi connectivity index (χ2v) is 9.88. The predicted octanol–water partition coefficient (Wildman–Crippen LogP) is 5.91. The van der Waals surface area contributed by atoms with Crippen LogP contribution in [0.4, 0.5) is 11.4 Å². The van der Waals surface area contributed by atoms with Gasteiger partial charge in [0.25, 0.3) is 5.91 Å². The van der Waals surface area contributed by atoms with Gasteiger partial charge in [-0.25, -0.2) is 0 Å². The monoisotopic (exact) mass is 429 g/mol. The number of anilines is 2. The molecule has 0 fully saturated rings. The lowest BCUT2D eigenvalue weighted by atomic mass is 9.76. The van der Waals surface area contributed by atoms with Gasteiger partial charge in [-0.15, -0.1) is 0 Å². The van der Waals surface area contributed by atoms with Crippen LogP contribution in [0.15, 0.2) is 48.5 Å². The van der Waals surface area contributed by atoms with Crippen molar-refractivity contribution >= 4 is 23.1 Å². The van der Waals surface area contributed by atoms with E-state index >= 15 is 0 Å². The second-order valence-electron chi connectivity index (χ2n) is 9.88. The normalized spacial score (nSPS) is 15.0. The Labute approximate surface area is 189 Å². The lowest BCUT2D eigenvalue weighted by Crippen LogP contribution is -2.27. The van der Waals surface area contributed by atoms with Gasteiger partial charge < -0.3 is 15.6 Å². The summed E-state index contributed by atoms with van der Waals surface area (Å²) < 4.78 is 2.14. The molecule has 1 aliphatic rings. The summed E-state index contributed by atoms with van der Waals surface area (Å²) in [5.41, 5.74) is 12.6. The molecule has 3 aromatic rings. The summed E-state index contributed by atoms with van der Waals surface area (Å²) in [5, 5.41) is 3.45. The number of Topliss-reactive ketones (excluding diaryl/α,β-unsaturated/α-hetero) is 1. The number of amides is 1. The molecule has 0 bridgehead atoms. The maximum absolute atomic E-state index is 12.8. The summed E-state index contributed by atoms with van der Waals surface area (Å²) in [4.78, 5) is 25.0. The molecule has 3 N–H and O–H groups in total. The van der Waals surface area contributed by atoms with Gasteiger partial charge in [-0.2, -0.15) is 0 Å². The number of ketones is 1.